The van der Waals surface area contributed by atoms with Crippen molar-refractivity contribution in [1.29, 1.82) is 0 Å². The van der Waals surface area contributed by atoms with Gasteiger partial charge in [-0.1, -0.05) is 12.1 Å². The van der Waals surface area contributed by atoms with E-state index < -0.39 is 0 Å². The zero-order valence-corrected chi connectivity index (χ0v) is 17.7. The van der Waals surface area contributed by atoms with Gasteiger partial charge in [0.2, 0.25) is 0 Å². The molecule has 0 saturated heterocycles. The summed E-state index contributed by atoms with van der Waals surface area (Å²) in [4.78, 5) is 28.4. The largest absolute Gasteiger partial charge is 0.462 e. The maximum Gasteiger partial charge on any atom is 0.338 e. The molecule has 31 heavy (non-hydrogen) atoms. The molecule has 0 spiro atoms. The average Bonchev–Trinajstić information content (AvgIpc) is 3.20. The van der Waals surface area contributed by atoms with Crippen LogP contribution in [0.4, 0.5) is 14.9 Å². The van der Waals surface area contributed by atoms with Gasteiger partial charge in [-0.3, -0.25) is 4.99 Å². The molecule has 1 atom stereocenters. The van der Waals surface area contributed by atoms with Gasteiger partial charge in [0, 0.05) is 30.4 Å². The predicted octanol–water partition coefficient (Wildman–Crippen LogP) is 4.61. The van der Waals surface area contributed by atoms with Crippen LogP contribution in [0.3, 0.4) is 0 Å². The van der Waals surface area contributed by atoms with Gasteiger partial charge in [0.05, 0.1) is 12.2 Å². The molecule has 2 N–H and O–H groups in total. The van der Waals surface area contributed by atoms with Gasteiger partial charge in [0.1, 0.15) is 5.82 Å². The molecule has 0 fully saturated rings. The lowest BCUT2D eigenvalue weighted by atomic mass is 9.91. The third-order valence-corrected chi connectivity index (χ3v) is 5.21. The molecule has 2 aromatic carbocycles. The molecule has 6 nitrogen and oxygen atoms in total. The number of hydrogen-bond acceptors (Lipinski definition) is 4. The molecule has 3 rings (SSSR count). The minimum atomic E-state index is -0.383. The summed E-state index contributed by atoms with van der Waals surface area (Å²) in [6, 6.07) is 12.9. The molecule has 7 heteroatoms. The number of nitrogens with zero attached hydrogens (tertiary/aromatic N) is 1. The van der Waals surface area contributed by atoms with Gasteiger partial charge in [-0.25, -0.2) is 14.0 Å². The third kappa shape index (κ3) is 6.91. The van der Waals surface area contributed by atoms with E-state index >= 15 is 0 Å². The number of hydrogen-bond donors (Lipinski definition) is 2. The molecule has 164 valence electrons. The normalized spacial score (nSPS) is 15.3. The first-order valence-corrected chi connectivity index (χ1v) is 10.6. The number of ether oxygens (including phenoxy) is 1. The Hall–Kier alpha value is -3.22. The van der Waals surface area contributed by atoms with Crippen molar-refractivity contribution in [3.63, 3.8) is 0 Å². The molecular weight excluding hydrogens is 397 g/mol. The van der Waals surface area contributed by atoms with Crippen LogP contribution in [-0.2, 0) is 11.2 Å². The SMILES string of the molecule is CCOC(=O)c1ccc(NC(=O)NCCCC2=NCCC2Cc2ccc(F)cc2)cc1. The first kappa shape index (κ1) is 22.5. The lowest BCUT2D eigenvalue weighted by Crippen LogP contribution is -2.30. The van der Waals surface area contributed by atoms with E-state index in [9.17, 15) is 14.0 Å². The number of nitrogens with one attached hydrogen (secondary N) is 2. The van der Waals surface area contributed by atoms with Crippen LogP contribution < -0.4 is 10.6 Å². The summed E-state index contributed by atoms with van der Waals surface area (Å²) in [6.45, 7) is 3.44. The van der Waals surface area contributed by atoms with Crippen LogP contribution in [0.25, 0.3) is 0 Å². The van der Waals surface area contributed by atoms with Crippen LogP contribution in [-0.4, -0.2) is 37.4 Å². The Kier molecular flexibility index (Phi) is 8.15. The summed E-state index contributed by atoms with van der Waals surface area (Å²) < 4.78 is 18.0. The number of carbonyl (C=O) groups is 2. The highest BCUT2D eigenvalue weighted by molar-refractivity contribution is 5.92. The van der Waals surface area contributed by atoms with Gasteiger partial charge >= 0.3 is 12.0 Å². The summed E-state index contributed by atoms with van der Waals surface area (Å²) in [5, 5.41) is 5.60. The molecule has 0 aliphatic carbocycles. The average molecular weight is 426 g/mol. The zero-order valence-electron chi connectivity index (χ0n) is 17.7. The van der Waals surface area contributed by atoms with Crippen LogP contribution in [0.15, 0.2) is 53.5 Å². The highest BCUT2D eigenvalue weighted by Crippen LogP contribution is 2.22. The second-order valence-electron chi connectivity index (χ2n) is 7.47. The van der Waals surface area contributed by atoms with E-state index in [1.54, 1.807) is 31.2 Å². The van der Waals surface area contributed by atoms with Crippen LogP contribution in [0.5, 0.6) is 0 Å². The number of anilines is 1. The van der Waals surface area contributed by atoms with Crippen LogP contribution in [0.1, 0.15) is 42.1 Å². The maximum atomic E-state index is 13.1. The van der Waals surface area contributed by atoms with Crippen molar-refractivity contribution in [3.8, 4) is 0 Å². The Balaban J connectivity index is 1.37. The quantitative estimate of drug-likeness (QED) is 0.455. The molecular formula is C24H28FN3O3. The lowest BCUT2D eigenvalue weighted by molar-refractivity contribution is 0.0526. The number of urea groups is 1. The highest BCUT2D eigenvalue weighted by atomic mass is 19.1. The third-order valence-electron chi connectivity index (χ3n) is 5.21. The van der Waals surface area contributed by atoms with Crippen LogP contribution in [0, 0.1) is 11.7 Å². The van der Waals surface area contributed by atoms with Crippen molar-refractivity contribution >= 4 is 23.4 Å². The lowest BCUT2D eigenvalue weighted by Gasteiger charge is -2.14. The Bertz CT molecular complexity index is 911. The summed E-state index contributed by atoms with van der Waals surface area (Å²) in [7, 11) is 0. The highest BCUT2D eigenvalue weighted by Gasteiger charge is 2.21. The summed E-state index contributed by atoms with van der Waals surface area (Å²) >= 11 is 0. The van der Waals surface area contributed by atoms with E-state index in [2.05, 4.69) is 15.6 Å². The first-order chi connectivity index (χ1) is 15.0. The molecule has 0 aromatic heterocycles. The minimum absolute atomic E-state index is 0.219. The van der Waals surface area contributed by atoms with E-state index in [0.29, 0.717) is 30.3 Å². The molecule has 1 aliphatic rings. The number of esters is 1. The number of carbonyl (C=O) groups excluding carboxylic acids is 2. The molecule has 1 unspecified atom stereocenters. The fourth-order valence-electron chi connectivity index (χ4n) is 3.62. The molecule has 1 heterocycles. The van der Waals surface area contributed by atoms with Gasteiger partial charge in [-0.15, -0.1) is 0 Å². The Labute approximate surface area is 181 Å². The smallest absolute Gasteiger partial charge is 0.338 e. The predicted molar refractivity (Wildman–Crippen MR) is 119 cm³/mol. The van der Waals surface area contributed by atoms with E-state index in [-0.39, 0.29) is 17.8 Å². The number of halogens is 1. The summed E-state index contributed by atoms with van der Waals surface area (Å²) in [6.07, 6.45) is 3.52. The standard InChI is InChI=1S/C24H28FN3O3/c1-2-31-23(29)18-7-11-21(12-8-18)28-24(30)27-14-3-4-22-19(13-15-26-22)16-17-5-9-20(25)10-6-17/h5-12,19H,2-4,13-16H2,1H3,(H2,27,28,30). The van der Waals surface area contributed by atoms with E-state index in [1.807, 2.05) is 12.1 Å². The van der Waals surface area contributed by atoms with Crippen molar-refractivity contribution in [1.82, 2.24) is 5.32 Å². The van der Waals surface area contributed by atoms with E-state index in [4.69, 9.17) is 4.74 Å². The zero-order chi connectivity index (χ0) is 22.1. The van der Waals surface area contributed by atoms with Crippen molar-refractivity contribution in [2.75, 3.05) is 25.0 Å². The van der Waals surface area contributed by atoms with Gasteiger partial charge in [0.25, 0.3) is 0 Å². The van der Waals surface area contributed by atoms with Crippen LogP contribution in [0.2, 0.25) is 0 Å². The molecule has 2 amide bonds. The second-order valence-corrected chi connectivity index (χ2v) is 7.47. The van der Waals surface area contributed by atoms with E-state index in [1.165, 1.54) is 17.8 Å². The Morgan fingerprint density at radius 1 is 1.13 bits per heavy atom. The monoisotopic (exact) mass is 425 g/mol. The molecule has 0 bridgehead atoms. The van der Waals surface area contributed by atoms with Gasteiger partial charge < -0.3 is 15.4 Å². The molecule has 0 saturated carbocycles. The number of benzene rings is 2. The minimum Gasteiger partial charge on any atom is -0.462 e. The number of rotatable bonds is 9. The fraction of sp³-hybridized carbons (Fsp3) is 0.375. The van der Waals surface area contributed by atoms with Gasteiger partial charge in [-0.2, -0.15) is 0 Å². The Morgan fingerprint density at radius 2 is 1.87 bits per heavy atom. The van der Waals surface area contributed by atoms with Gasteiger partial charge in [0.15, 0.2) is 0 Å². The molecule has 0 radical (unpaired) electrons. The Morgan fingerprint density at radius 3 is 2.58 bits per heavy atom. The van der Waals surface area contributed by atoms with E-state index in [0.717, 1.165) is 37.8 Å². The first-order valence-electron chi connectivity index (χ1n) is 10.6. The van der Waals surface area contributed by atoms with Crippen molar-refractivity contribution in [3.05, 3.63) is 65.5 Å². The topological polar surface area (TPSA) is 79.8 Å². The fourth-order valence-corrected chi connectivity index (χ4v) is 3.62. The molecule has 2 aromatic rings. The summed E-state index contributed by atoms with van der Waals surface area (Å²) in [5.41, 5.74) is 3.35. The number of aliphatic imine (C=N–C) groups is 1. The molecule has 1 aliphatic heterocycles. The summed E-state index contributed by atoms with van der Waals surface area (Å²) in [5.74, 6) is -0.216. The second kappa shape index (κ2) is 11.2. The maximum absolute atomic E-state index is 13.1. The van der Waals surface area contributed by atoms with Crippen LogP contribution >= 0.6 is 0 Å². The van der Waals surface area contributed by atoms with Crippen molar-refractivity contribution in [2.45, 2.75) is 32.6 Å². The van der Waals surface area contributed by atoms with Crippen molar-refractivity contribution in [2.24, 2.45) is 10.9 Å². The van der Waals surface area contributed by atoms with Gasteiger partial charge in [-0.05, 0) is 74.6 Å². The number of amides is 2. The van der Waals surface area contributed by atoms with Crippen molar-refractivity contribution < 1.29 is 18.7 Å².